The minimum Gasteiger partial charge on any atom is -0.493 e. The number of methoxy groups -OCH3 is 1. The maximum Gasteiger partial charge on any atom is 0.161 e. The van der Waals surface area contributed by atoms with Gasteiger partial charge < -0.3 is 14.4 Å². The summed E-state index contributed by atoms with van der Waals surface area (Å²) in [7, 11) is 3.75. The number of piperazine rings is 1. The van der Waals surface area contributed by atoms with Gasteiger partial charge in [-0.05, 0) is 42.9 Å². The molecular formula is C20H23Cl2N3O2. The van der Waals surface area contributed by atoms with Crippen LogP contribution in [0.3, 0.4) is 0 Å². The van der Waals surface area contributed by atoms with Crippen LogP contribution in [0, 0.1) is 0 Å². The van der Waals surface area contributed by atoms with Crippen LogP contribution in [0.5, 0.6) is 11.5 Å². The van der Waals surface area contributed by atoms with Crippen molar-refractivity contribution in [2.45, 2.75) is 6.61 Å². The van der Waals surface area contributed by atoms with Crippen LogP contribution in [0.25, 0.3) is 0 Å². The van der Waals surface area contributed by atoms with Gasteiger partial charge in [-0.15, -0.1) is 0 Å². The van der Waals surface area contributed by atoms with E-state index in [1.54, 1.807) is 19.2 Å². The van der Waals surface area contributed by atoms with Crippen LogP contribution in [0.15, 0.2) is 41.5 Å². The fourth-order valence-electron chi connectivity index (χ4n) is 2.74. The van der Waals surface area contributed by atoms with E-state index in [0.29, 0.717) is 28.2 Å². The zero-order chi connectivity index (χ0) is 19.2. The molecule has 3 rings (SSSR count). The monoisotopic (exact) mass is 407 g/mol. The summed E-state index contributed by atoms with van der Waals surface area (Å²) in [6, 6.07) is 11.1. The van der Waals surface area contributed by atoms with Crippen LogP contribution in [-0.4, -0.2) is 56.5 Å². The lowest BCUT2D eigenvalue weighted by molar-refractivity contribution is 0.159. The zero-order valence-corrected chi connectivity index (χ0v) is 17.0. The van der Waals surface area contributed by atoms with E-state index in [9.17, 15) is 0 Å². The van der Waals surface area contributed by atoms with Gasteiger partial charge in [0.25, 0.3) is 0 Å². The van der Waals surface area contributed by atoms with Crippen molar-refractivity contribution in [2.24, 2.45) is 5.10 Å². The molecule has 144 valence electrons. The van der Waals surface area contributed by atoms with Gasteiger partial charge in [-0.25, -0.2) is 0 Å². The summed E-state index contributed by atoms with van der Waals surface area (Å²) >= 11 is 12.1. The number of ether oxygens (including phenoxy) is 2. The molecule has 1 saturated heterocycles. The van der Waals surface area contributed by atoms with Crippen LogP contribution in [0.1, 0.15) is 11.1 Å². The van der Waals surface area contributed by atoms with E-state index >= 15 is 0 Å². The van der Waals surface area contributed by atoms with Crippen molar-refractivity contribution in [2.75, 3.05) is 40.3 Å². The molecule has 1 fully saturated rings. The van der Waals surface area contributed by atoms with Gasteiger partial charge in [-0.1, -0.05) is 29.3 Å². The Hall–Kier alpha value is -1.95. The van der Waals surface area contributed by atoms with Gasteiger partial charge in [0, 0.05) is 41.8 Å². The minimum absolute atomic E-state index is 0.334. The summed E-state index contributed by atoms with van der Waals surface area (Å²) in [6.07, 6.45) is 1.85. The van der Waals surface area contributed by atoms with E-state index in [-0.39, 0.29) is 0 Å². The van der Waals surface area contributed by atoms with Crippen LogP contribution >= 0.6 is 23.2 Å². The molecule has 0 unspecified atom stereocenters. The van der Waals surface area contributed by atoms with E-state index in [2.05, 4.69) is 22.1 Å². The Labute approximate surface area is 170 Å². The summed E-state index contributed by atoms with van der Waals surface area (Å²) in [5.74, 6) is 1.31. The number of nitrogens with zero attached hydrogens (tertiary/aromatic N) is 3. The molecule has 2 aromatic carbocycles. The normalized spacial score (nSPS) is 15.3. The molecule has 2 aromatic rings. The van der Waals surface area contributed by atoms with Crippen molar-refractivity contribution >= 4 is 29.4 Å². The molecule has 7 heteroatoms. The van der Waals surface area contributed by atoms with Gasteiger partial charge in [-0.3, -0.25) is 5.01 Å². The quantitative estimate of drug-likeness (QED) is 0.673. The van der Waals surface area contributed by atoms with Crippen molar-refractivity contribution in [1.82, 2.24) is 9.91 Å². The number of hydrogen-bond donors (Lipinski definition) is 0. The number of benzene rings is 2. The predicted octanol–water partition coefficient (Wildman–Crippen LogP) is 4.16. The maximum absolute atomic E-state index is 6.20. The fraction of sp³-hybridized carbons (Fsp3) is 0.350. The number of hydrogen-bond acceptors (Lipinski definition) is 5. The third-order valence-electron chi connectivity index (χ3n) is 4.44. The van der Waals surface area contributed by atoms with Crippen molar-refractivity contribution < 1.29 is 9.47 Å². The summed E-state index contributed by atoms with van der Waals surface area (Å²) in [4.78, 5) is 2.30. The first kappa shape index (κ1) is 19.8. The van der Waals surface area contributed by atoms with E-state index < -0.39 is 0 Å². The van der Waals surface area contributed by atoms with Gasteiger partial charge >= 0.3 is 0 Å². The zero-order valence-electron chi connectivity index (χ0n) is 15.5. The van der Waals surface area contributed by atoms with Crippen molar-refractivity contribution in [3.63, 3.8) is 0 Å². The average Bonchev–Trinajstić information content (AvgIpc) is 2.67. The third kappa shape index (κ3) is 5.51. The van der Waals surface area contributed by atoms with Gasteiger partial charge in [0.1, 0.15) is 6.61 Å². The Kier molecular flexibility index (Phi) is 6.83. The lowest BCUT2D eigenvalue weighted by Crippen LogP contribution is -2.41. The van der Waals surface area contributed by atoms with E-state index in [1.165, 1.54) is 0 Å². The summed E-state index contributed by atoms with van der Waals surface area (Å²) in [5.41, 5.74) is 1.83. The predicted molar refractivity (Wildman–Crippen MR) is 110 cm³/mol. The lowest BCUT2D eigenvalue weighted by atomic mass is 10.2. The second-order valence-corrected chi connectivity index (χ2v) is 7.28. The highest BCUT2D eigenvalue weighted by molar-refractivity contribution is 6.35. The lowest BCUT2D eigenvalue weighted by Gasteiger charge is -2.30. The molecule has 1 aliphatic heterocycles. The molecule has 0 aliphatic carbocycles. The fourth-order valence-corrected chi connectivity index (χ4v) is 3.20. The number of halogens is 2. The SMILES string of the molecule is COc1cc(/C=N/N2CCN(C)CC2)ccc1OCc1ccc(Cl)cc1Cl. The number of hydrazone groups is 1. The molecule has 27 heavy (non-hydrogen) atoms. The highest BCUT2D eigenvalue weighted by atomic mass is 35.5. The second-order valence-electron chi connectivity index (χ2n) is 6.44. The van der Waals surface area contributed by atoms with Crippen LogP contribution < -0.4 is 9.47 Å². The van der Waals surface area contributed by atoms with Crippen LogP contribution in [0.4, 0.5) is 0 Å². The molecule has 0 spiro atoms. The molecule has 0 saturated carbocycles. The topological polar surface area (TPSA) is 37.3 Å². The molecule has 1 heterocycles. The molecule has 0 amide bonds. The smallest absolute Gasteiger partial charge is 0.161 e. The summed E-state index contributed by atoms with van der Waals surface area (Å²) < 4.78 is 11.4. The highest BCUT2D eigenvalue weighted by Crippen LogP contribution is 2.29. The number of rotatable bonds is 6. The molecule has 5 nitrogen and oxygen atoms in total. The standard InChI is InChI=1S/C20H23Cl2N3O2/c1-24-7-9-25(10-8-24)23-13-15-3-6-19(20(11-15)26-2)27-14-16-4-5-17(21)12-18(16)22/h3-6,11-13H,7-10,14H2,1-2H3/b23-13+. The highest BCUT2D eigenvalue weighted by Gasteiger charge is 2.11. The van der Waals surface area contributed by atoms with Crippen LogP contribution in [0.2, 0.25) is 10.0 Å². The number of likely N-dealkylation sites (N-methyl/N-ethyl adjacent to an activating group) is 1. The average molecular weight is 408 g/mol. The van der Waals surface area contributed by atoms with Gasteiger partial charge in [0.05, 0.1) is 13.3 Å². The largest absolute Gasteiger partial charge is 0.493 e. The Bertz CT molecular complexity index is 806. The van der Waals surface area contributed by atoms with E-state index in [0.717, 1.165) is 37.3 Å². The van der Waals surface area contributed by atoms with Crippen molar-refractivity contribution in [3.05, 3.63) is 57.6 Å². The Balaban J connectivity index is 1.65. The second kappa shape index (κ2) is 9.31. The molecule has 0 radical (unpaired) electrons. The van der Waals surface area contributed by atoms with Gasteiger partial charge in [0.15, 0.2) is 11.5 Å². The molecule has 0 N–H and O–H groups in total. The molecular weight excluding hydrogens is 385 g/mol. The Morgan fingerprint density at radius 2 is 1.81 bits per heavy atom. The summed E-state index contributed by atoms with van der Waals surface area (Å²) in [6.45, 7) is 4.27. The molecule has 1 aliphatic rings. The van der Waals surface area contributed by atoms with Crippen molar-refractivity contribution in [1.29, 1.82) is 0 Å². The van der Waals surface area contributed by atoms with E-state index in [1.807, 2.05) is 30.5 Å². The molecule has 0 atom stereocenters. The van der Waals surface area contributed by atoms with Crippen LogP contribution in [-0.2, 0) is 6.61 Å². The van der Waals surface area contributed by atoms with Gasteiger partial charge in [-0.2, -0.15) is 5.10 Å². The first-order valence-corrected chi connectivity index (χ1v) is 9.53. The Morgan fingerprint density at radius 1 is 1.04 bits per heavy atom. The van der Waals surface area contributed by atoms with Gasteiger partial charge in [0.2, 0.25) is 0 Å². The first-order valence-electron chi connectivity index (χ1n) is 8.77. The molecule has 0 bridgehead atoms. The summed E-state index contributed by atoms with van der Waals surface area (Å²) in [5, 5.41) is 7.83. The van der Waals surface area contributed by atoms with Crippen molar-refractivity contribution in [3.8, 4) is 11.5 Å². The third-order valence-corrected chi connectivity index (χ3v) is 5.02. The Morgan fingerprint density at radius 3 is 2.52 bits per heavy atom. The molecule has 0 aromatic heterocycles. The van der Waals surface area contributed by atoms with E-state index in [4.69, 9.17) is 32.7 Å². The minimum atomic E-state index is 0.334. The maximum atomic E-state index is 6.20. The first-order chi connectivity index (χ1) is 13.0.